The van der Waals surface area contributed by atoms with Crippen LogP contribution in [0.5, 0.6) is 0 Å². The van der Waals surface area contributed by atoms with Crippen molar-refractivity contribution in [1.82, 2.24) is 4.90 Å². The summed E-state index contributed by atoms with van der Waals surface area (Å²) >= 11 is 0. The summed E-state index contributed by atoms with van der Waals surface area (Å²) in [6.07, 6.45) is -0.244. The van der Waals surface area contributed by atoms with Crippen LogP contribution in [0.4, 0.5) is 16.2 Å². The molecule has 0 spiro atoms. The molecular weight excluding hydrogens is 362 g/mol. The highest BCUT2D eigenvalue weighted by Gasteiger charge is 2.35. The maximum absolute atomic E-state index is 12.2. The standard InChI is InChI=1S/C20H27N3O5/c1-20(2,3)28-19(27)22-10-8-21(9-11-22)15-4-6-16(7-5-15)23-13-14(18(25)26)12-17(23)24/h4-7,14H,8-13H2,1-3H3,(H,25,26). The van der Waals surface area contributed by atoms with Crippen molar-refractivity contribution in [3.63, 3.8) is 0 Å². The summed E-state index contributed by atoms with van der Waals surface area (Å²) in [7, 11) is 0. The third-order valence-electron chi connectivity index (χ3n) is 4.93. The number of hydrogen-bond donors (Lipinski definition) is 1. The van der Waals surface area contributed by atoms with Gasteiger partial charge in [-0.15, -0.1) is 0 Å². The molecule has 2 heterocycles. The molecule has 2 aliphatic heterocycles. The summed E-state index contributed by atoms with van der Waals surface area (Å²) in [6.45, 7) is 8.33. The average molecular weight is 389 g/mol. The number of carboxylic acids is 1. The molecule has 28 heavy (non-hydrogen) atoms. The lowest BCUT2D eigenvalue weighted by molar-refractivity contribution is -0.141. The quantitative estimate of drug-likeness (QED) is 0.852. The SMILES string of the molecule is CC(C)(C)OC(=O)N1CCN(c2ccc(N3CC(C(=O)O)CC3=O)cc2)CC1. The molecule has 1 aromatic carbocycles. The Bertz CT molecular complexity index is 748. The summed E-state index contributed by atoms with van der Waals surface area (Å²) in [5.41, 5.74) is 1.22. The maximum Gasteiger partial charge on any atom is 0.410 e. The van der Waals surface area contributed by atoms with Crippen LogP contribution in [0.15, 0.2) is 24.3 Å². The lowest BCUT2D eigenvalue weighted by atomic mass is 10.1. The Kier molecular flexibility index (Phi) is 5.49. The first-order chi connectivity index (χ1) is 13.1. The molecule has 2 saturated heterocycles. The third-order valence-corrected chi connectivity index (χ3v) is 4.93. The molecule has 1 N–H and O–H groups in total. The van der Waals surface area contributed by atoms with Crippen molar-refractivity contribution < 1.29 is 24.2 Å². The Morgan fingerprint density at radius 2 is 1.61 bits per heavy atom. The molecule has 8 heteroatoms. The number of carbonyl (C=O) groups excluding carboxylic acids is 2. The number of benzene rings is 1. The van der Waals surface area contributed by atoms with Gasteiger partial charge >= 0.3 is 12.1 Å². The van der Waals surface area contributed by atoms with Gasteiger partial charge in [0.05, 0.1) is 5.92 Å². The predicted octanol–water partition coefficient (Wildman–Crippen LogP) is 2.18. The van der Waals surface area contributed by atoms with Crippen molar-refractivity contribution in [3.8, 4) is 0 Å². The van der Waals surface area contributed by atoms with E-state index in [9.17, 15) is 14.4 Å². The molecule has 152 valence electrons. The van der Waals surface area contributed by atoms with E-state index in [1.54, 1.807) is 4.90 Å². The van der Waals surface area contributed by atoms with Crippen LogP contribution in [-0.2, 0) is 14.3 Å². The van der Waals surface area contributed by atoms with Crippen LogP contribution in [0.3, 0.4) is 0 Å². The number of amides is 2. The van der Waals surface area contributed by atoms with Crippen molar-refractivity contribution in [2.75, 3.05) is 42.5 Å². The number of ether oxygens (including phenoxy) is 1. The first kappa shape index (κ1) is 20.0. The highest BCUT2D eigenvalue weighted by molar-refractivity contribution is 5.99. The van der Waals surface area contributed by atoms with Gasteiger partial charge in [-0.2, -0.15) is 0 Å². The van der Waals surface area contributed by atoms with E-state index in [0.29, 0.717) is 31.9 Å². The third kappa shape index (κ3) is 4.55. The fourth-order valence-corrected chi connectivity index (χ4v) is 3.44. The lowest BCUT2D eigenvalue weighted by Crippen LogP contribution is -2.50. The number of piperazine rings is 1. The lowest BCUT2D eigenvalue weighted by Gasteiger charge is -2.36. The maximum atomic E-state index is 12.2. The summed E-state index contributed by atoms with van der Waals surface area (Å²) in [6, 6.07) is 7.55. The van der Waals surface area contributed by atoms with E-state index in [1.165, 1.54) is 4.90 Å². The number of rotatable bonds is 3. The van der Waals surface area contributed by atoms with E-state index in [4.69, 9.17) is 9.84 Å². The van der Waals surface area contributed by atoms with Crippen molar-refractivity contribution in [2.24, 2.45) is 5.92 Å². The molecular formula is C20H27N3O5. The molecule has 0 radical (unpaired) electrons. The van der Waals surface area contributed by atoms with Crippen LogP contribution in [0.2, 0.25) is 0 Å². The van der Waals surface area contributed by atoms with Gasteiger partial charge in [0.15, 0.2) is 0 Å². The Labute approximate surface area is 164 Å². The second kappa shape index (κ2) is 7.69. The summed E-state index contributed by atoms with van der Waals surface area (Å²) in [5.74, 6) is -1.74. The van der Waals surface area contributed by atoms with Crippen molar-refractivity contribution in [1.29, 1.82) is 0 Å². The molecule has 1 atom stereocenters. The molecule has 0 aliphatic carbocycles. The van der Waals surface area contributed by atoms with Crippen molar-refractivity contribution in [2.45, 2.75) is 32.8 Å². The molecule has 0 saturated carbocycles. The number of anilines is 2. The molecule has 0 aromatic heterocycles. The molecule has 2 amide bonds. The van der Waals surface area contributed by atoms with Crippen LogP contribution in [-0.4, -0.2) is 66.3 Å². The zero-order valence-electron chi connectivity index (χ0n) is 16.6. The number of carbonyl (C=O) groups is 3. The average Bonchev–Trinajstić information content (AvgIpc) is 3.03. The zero-order chi connectivity index (χ0) is 20.5. The highest BCUT2D eigenvalue weighted by atomic mass is 16.6. The van der Waals surface area contributed by atoms with Gasteiger partial charge in [-0.1, -0.05) is 0 Å². The topological polar surface area (TPSA) is 90.4 Å². The highest BCUT2D eigenvalue weighted by Crippen LogP contribution is 2.28. The smallest absolute Gasteiger partial charge is 0.410 e. The first-order valence-corrected chi connectivity index (χ1v) is 9.50. The first-order valence-electron chi connectivity index (χ1n) is 9.50. The van der Waals surface area contributed by atoms with Gasteiger partial charge < -0.3 is 24.5 Å². The second-order valence-corrected chi connectivity index (χ2v) is 8.21. The summed E-state index contributed by atoms with van der Waals surface area (Å²) < 4.78 is 5.42. The van der Waals surface area contributed by atoms with Gasteiger partial charge in [-0.05, 0) is 45.0 Å². The molecule has 8 nitrogen and oxygen atoms in total. The molecule has 2 fully saturated rings. The number of aliphatic carboxylic acids is 1. The minimum Gasteiger partial charge on any atom is -0.481 e. The van der Waals surface area contributed by atoms with E-state index in [2.05, 4.69) is 4.90 Å². The van der Waals surface area contributed by atoms with Crippen LogP contribution >= 0.6 is 0 Å². The van der Waals surface area contributed by atoms with Crippen LogP contribution in [0.1, 0.15) is 27.2 Å². The molecule has 1 aromatic rings. The van der Waals surface area contributed by atoms with E-state index in [0.717, 1.165) is 5.69 Å². The summed E-state index contributed by atoms with van der Waals surface area (Å²) in [5, 5.41) is 9.11. The minimum absolute atomic E-state index is 0.0453. The Balaban J connectivity index is 1.57. The fourth-order valence-electron chi connectivity index (χ4n) is 3.44. The summed E-state index contributed by atoms with van der Waals surface area (Å²) in [4.78, 5) is 40.8. The Morgan fingerprint density at radius 1 is 1.04 bits per heavy atom. The second-order valence-electron chi connectivity index (χ2n) is 8.21. The van der Waals surface area contributed by atoms with Gasteiger partial charge in [0.1, 0.15) is 5.60 Å². The van der Waals surface area contributed by atoms with Gasteiger partial charge in [0.25, 0.3) is 0 Å². The number of nitrogens with zero attached hydrogens (tertiary/aromatic N) is 3. The van der Waals surface area contributed by atoms with Gasteiger partial charge in [-0.25, -0.2) is 4.79 Å². The zero-order valence-corrected chi connectivity index (χ0v) is 16.6. The normalized spacial score (nSPS) is 20.5. The molecule has 0 bridgehead atoms. The van der Waals surface area contributed by atoms with Gasteiger partial charge in [-0.3, -0.25) is 9.59 Å². The van der Waals surface area contributed by atoms with E-state index < -0.39 is 17.5 Å². The largest absolute Gasteiger partial charge is 0.481 e. The van der Waals surface area contributed by atoms with Gasteiger partial charge in [0.2, 0.25) is 5.91 Å². The van der Waals surface area contributed by atoms with Crippen LogP contribution < -0.4 is 9.80 Å². The van der Waals surface area contributed by atoms with Crippen molar-refractivity contribution >= 4 is 29.3 Å². The van der Waals surface area contributed by atoms with Gasteiger partial charge in [0, 0.05) is 50.5 Å². The van der Waals surface area contributed by atoms with E-state index in [1.807, 2.05) is 45.0 Å². The van der Waals surface area contributed by atoms with E-state index >= 15 is 0 Å². The fraction of sp³-hybridized carbons (Fsp3) is 0.550. The monoisotopic (exact) mass is 389 g/mol. The molecule has 2 aliphatic rings. The number of carboxylic acid groups (broad SMARTS) is 1. The minimum atomic E-state index is -0.935. The van der Waals surface area contributed by atoms with E-state index in [-0.39, 0.29) is 25.0 Å². The molecule has 3 rings (SSSR count). The predicted molar refractivity (Wildman–Crippen MR) is 105 cm³/mol. The van der Waals surface area contributed by atoms with Crippen molar-refractivity contribution in [3.05, 3.63) is 24.3 Å². The Morgan fingerprint density at radius 3 is 2.11 bits per heavy atom. The Hall–Kier alpha value is -2.77. The number of hydrogen-bond acceptors (Lipinski definition) is 5. The van der Waals surface area contributed by atoms with Crippen LogP contribution in [0.25, 0.3) is 0 Å². The molecule has 1 unspecified atom stereocenters. The van der Waals surface area contributed by atoms with Crippen LogP contribution in [0, 0.1) is 5.92 Å².